The molecule has 0 N–H and O–H groups in total. The summed E-state index contributed by atoms with van der Waals surface area (Å²) < 4.78 is 5.42. The van der Waals surface area contributed by atoms with Crippen molar-refractivity contribution in [3.63, 3.8) is 0 Å². The van der Waals surface area contributed by atoms with Gasteiger partial charge in [0.1, 0.15) is 5.75 Å². The number of benzene rings is 1. The van der Waals surface area contributed by atoms with Crippen molar-refractivity contribution < 1.29 is 4.74 Å². The zero-order valence-electron chi connectivity index (χ0n) is 10.9. The number of hydrogen-bond donors (Lipinski definition) is 0. The van der Waals surface area contributed by atoms with Crippen LogP contribution in [0.5, 0.6) is 5.75 Å². The molecule has 16 heavy (non-hydrogen) atoms. The highest BCUT2D eigenvalue weighted by atomic mass is 79.9. The van der Waals surface area contributed by atoms with Gasteiger partial charge in [-0.25, -0.2) is 0 Å². The van der Waals surface area contributed by atoms with E-state index >= 15 is 0 Å². The molecule has 90 valence electrons. The molecule has 1 unspecified atom stereocenters. The highest BCUT2D eigenvalue weighted by Gasteiger charge is 2.17. The first-order valence-electron chi connectivity index (χ1n) is 5.35. The molecule has 0 saturated heterocycles. The maximum Gasteiger partial charge on any atom is 0.124 e. The molecular weight excluding hydrogens is 266 g/mol. The van der Waals surface area contributed by atoms with Crippen LogP contribution in [0.25, 0.3) is 0 Å². The standard InChI is InChI=1S/C13H20BrNO/c1-8-7-11(13(14)15(4)5)9(2)10(3)12(8)16-6/h7,13H,1-6H3. The van der Waals surface area contributed by atoms with Crippen LogP contribution in [-0.4, -0.2) is 26.1 Å². The number of halogens is 1. The Morgan fingerprint density at radius 1 is 1.19 bits per heavy atom. The van der Waals surface area contributed by atoms with Crippen molar-refractivity contribution in [3.8, 4) is 5.75 Å². The summed E-state index contributed by atoms with van der Waals surface area (Å²) in [5.74, 6) is 1.000. The SMILES string of the molecule is COc1c(C)cc(C(Br)N(C)C)c(C)c1C. The van der Waals surface area contributed by atoms with Gasteiger partial charge in [-0.05, 0) is 63.2 Å². The van der Waals surface area contributed by atoms with Crippen molar-refractivity contribution in [3.05, 3.63) is 28.3 Å². The fraction of sp³-hybridized carbons (Fsp3) is 0.538. The summed E-state index contributed by atoms with van der Waals surface area (Å²) in [5, 5.41) is 0. The number of rotatable bonds is 3. The Kier molecular flexibility index (Phi) is 4.39. The van der Waals surface area contributed by atoms with Gasteiger partial charge in [0.05, 0.1) is 12.1 Å². The van der Waals surface area contributed by atoms with Crippen LogP contribution in [0.15, 0.2) is 6.07 Å². The van der Waals surface area contributed by atoms with Crippen molar-refractivity contribution in [1.29, 1.82) is 0 Å². The van der Waals surface area contributed by atoms with E-state index in [1.54, 1.807) is 7.11 Å². The van der Waals surface area contributed by atoms with Crippen LogP contribution < -0.4 is 4.74 Å². The van der Waals surface area contributed by atoms with Gasteiger partial charge in [-0.1, -0.05) is 15.9 Å². The second kappa shape index (κ2) is 5.19. The molecule has 0 aromatic heterocycles. The number of methoxy groups -OCH3 is 1. The minimum Gasteiger partial charge on any atom is -0.496 e. The molecule has 2 nitrogen and oxygen atoms in total. The lowest BCUT2D eigenvalue weighted by molar-refractivity contribution is 0.392. The second-order valence-electron chi connectivity index (χ2n) is 4.37. The lowest BCUT2D eigenvalue weighted by Crippen LogP contribution is -2.16. The first kappa shape index (κ1) is 13.5. The topological polar surface area (TPSA) is 12.5 Å². The largest absolute Gasteiger partial charge is 0.496 e. The van der Waals surface area contributed by atoms with Gasteiger partial charge in [0.25, 0.3) is 0 Å². The maximum absolute atomic E-state index is 5.42. The summed E-state index contributed by atoms with van der Waals surface area (Å²) in [6, 6.07) is 2.20. The Labute approximate surface area is 107 Å². The summed E-state index contributed by atoms with van der Waals surface area (Å²) in [6.07, 6.45) is 0. The predicted octanol–water partition coefficient (Wildman–Crippen LogP) is 3.58. The zero-order valence-corrected chi connectivity index (χ0v) is 12.5. The molecule has 1 rings (SSSR count). The van der Waals surface area contributed by atoms with Gasteiger partial charge < -0.3 is 4.74 Å². The molecule has 0 radical (unpaired) electrons. The van der Waals surface area contributed by atoms with Gasteiger partial charge in [-0.3, -0.25) is 4.90 Å². The average molecular weight is 286 g/mol. The summed E-state index contributed by atoms with van der Waals surface area (Å²) >= 11 is 3.70. The monoisotopic (exact) mass is 285 g/mol. The van der Waals surface area contributed by atoms with Crippen molar-refractivity contribution in [2.75, 3.05) is 21.2 Å². The highest BCUT2D eigenvalue weighted by Crippen LogP contribution is 2.35. The number of nitrogens with zero attached hydrogens (tertiary/aromatic N) is 1. The first-order valence-corrected chi connectivity index (χ1v) is 6.26. The third kappa shape index (κ3) is 2.41. The minimum absolute atomic E-state index is 0.246. The van der Waals surface area contributed by atoms with E-state index in [2.05, 4.69) is 61.8 Å². The van der Waals surface area contributed by atoms with E-state index in [0.29, 0.717) is 0 Å². The number of alkyl halides is 1. The van der Waals surface area contributed by atoms with E-state index in [1.807, 2.05) is 0 Å². The fourth-order valence-electron chi connectivity index (χ4n) is 1.93. The van der Waals surface area contributed by atoms with Gasteiger partial charge in [0.2, 0.25) is 0 Å². The molecule has 0 aliphatic heterocycles. The van der Waals surface area contributed by atoms with Gasteiger partial charge in [0.15, 0.2) is 0 Å². The van der Waals surface area contributed by atoms with E-state index in [4.69, 9.17) is 4.74 Å². The molecule has 1 atom stereocenters. The summed E-state index contributed by atoms with van der Waals surface area (Å²) in [6.45, 7) is 6.34. The maximum atomic E-state index is 5.42. The fourth-order valence-corrected chi connectivity index (χ4v) is 2.40. The summed E-state index contributed by atoms with van der Waals surface area (Å²) in [5.41, 5.74) is 5.01. The predicted molar refractivity (Wildman–Crippen MR) is 72.6 cm³/mol. The van der Waals surface area contributed by atoms with Crippen molar-refractivity contribution in [1.82, 2.24) is 4.90 Å². The lowest BCUT2D eigenvalue weighted by atomic mass is 9.98. The van der Waals surface area contributed by atoms with Gasteiger partial charge in [-0.2, -0.15) is 0 Å². The molecule has 0 fully saturated rings. The van der Waals surface area contributed by atoms with Crippen LogP contribution in [0.2, 0.25) is 0 Å². The number of ether oxygens (including phenoxy) is 1. The number of hydrogen-bond acceptors (Lipinski definition) is 2. The summed E-state index contributed by atoms with van der Waals surface area (Å²) in [7, 11) is 5.85. The Balaban J connectivity index is 3.34. The molecular formula is C13H20BrNO. The third-order valence-electron chi connectivity index (χ3n) is 2.98. The lowest BCUT2D eigenvalue weighted by Gasteiger charge is -2.23. The molecule has 0 aliphatic rings. The minimum atomic E-state index is 0.246. The van der Waals surface area contributed by atoms with Crippen molar-refractivity contribution >= 4 is 15.9 Å². The molecule has 1 aromatic carbocycles. The molecule has 1 aromatic rings. The van der Waals surface area contributed by atoms with Crippen LogP contribution in [-0.2, 0) is 0 Å². The highest BCUT2D eigenvalue weighted by molar-refractivity contribution is 9.09. The molecule has 0 heterocycles. The van der Waals surface area contributed by atoms with Crippen LogP contribution in [0.4, 0.5) is 0 Å². The Morgan fingerprint density at radius 2 is 1.75 bits per heavy atom. The van der Waals surface area contributed by atoms with Gasteiger partial charge in [-0.15, -0.1) is 0 Å². The van der Waals surface area contributed by atoms with Crippen LogP contribution in [0.3, 0.4) is 0 Å². The van der Waals surface area contributed by atoms with Crippen molar-refractivity contribution in [2.24, 2.45) is 0 Å². The smallest absolute Gasteiger partial charge is 0.124 e. The Bertz CT molecular complexity index is 388. The molecule has 0 aliphatic carbocycles. The Morgan fingerprint density at radius 3 is 2.19 bits per heavy atom. The Hall–Kier alpha value is -0.540. The van der Waals surface area contributed by atoms with Gasteiger partial charge >= 0.3 is 0 Å². The average Bonchev–Trinajstić information content (AvgIpc) is 2.23. The van der Waals surface area contributed by atoms with E-state index in [0.717, 1.165) is 5.75 Å². The van der Waals surface area contributed by atoms with Crippen LogP contribution >= 0.6 is 15.9 Å². The number of aryl methyl sites for hydroxylation is 1. The quantitative estimate of drug-likeness (QED) is 0.622. The zero-order chi connectivity index (χ0) is 12.5. The second-order valence-corrected chi connectivity index (χ2v) is 5.23. The van der Waals surface area contributed by atoms with Crippen LogP contribution in [0, 0.1) is 20.8 Å². The molecule has 0 saturated carbocycles. The van der Waals surface area contributed by atoms with Crippen molar-refractivity contribution in [2.45, 2.75) is 25.7 Å². The van der Waals surface area contributed by atoms with E-state index in [1.165, 1.54) is 22.3 Å². The van der Waals surface area contributed by atoms with Gasteiger partial charge in [0, 0.05) is 0 Å². The third-order valence-corrected chi connectivity index (χ3v) is 4.29. The van der Waals surface area contributed by atoms with E-state index in [9.17, 15) is 0 Å². The molecule has 3 heteroatoms. The first-order chi connectivity index (χ1) is 7.40. The molecule has 0 bridgehead atoms. The molecule has 0 amide bonds. The molecule has 0 spiro atoms. The van der Waals surface area contributed by atoms with Crippen LogP contribution in [0.1, 0.15) is 27.2 Å². The van der Waals surface area contributed by atoms with E-state index in [-0.39, 0.29) is 4.95 Å². The summed E-state index contributed by atoms with van der Waals surface area (Å²) in [4.78, 5) is 2.39. The normalized spacial score (nSPS) is 13.0. The van der Waals surface area contributed by atoms with E-state index < -0.39 is 0 Å².